The summed E-state index contributed by atoms with van der Waals surface area (Å²) in [5, 5.41) is 7.33. The minimum absolute atomic E-state index is 0.379. The van der Waals surface area contributed by atoms with Crippen LogP contribution in [-0.2, 0) is 11.3 Å². The fraction of sp³-hybridized carbons (Fsp3) is 0.733. The van der Waals surface area contributed by atoms with Crippen molar-refractivity contribution in [1.29, 1.82) is 0 Å². The first-order chi connectivity index (χ1) is 9.48. The zero-order valence-electron chi connectivity index (χ0n) is 14.1. The highest BCUT2D eigenvalue weighted by atomic mass is 32.1. The zero-order valence-corrected chi connectivity index (χ0v) is 14.9. The van der Waals surface area contributed by atoms with E-state index in [1.165, 1.54) is 4.88 Å². The standard InChI is InChI=1S/C15H27N3O2S/c1-10-12(21-11(2)17-10)8-16-9-15(6,7)18-13(19)20-14(3,4)5/h16H,8-9H2,1-7H3,(H,18,19). The summed E-state index contributed by atoms with van der Waals surface area (Å²) in [6.07, 6.45) is -0.390. The van der Waals surface area contributed by atoms with E-state index in [2.05, 4.69) is 15.6 Å². The SMILES string of the molecule is Cc1nc(C)c(CNCC(C)(C)NC(=O)OC(C)(C)C)s1. The third-order valence-corrected chi connectivity index (χ3v) is 3.76. The minimum atomic E-state index is -0.481. The molecule has 0 aliphatic heterocycles. The minimum Gasteiger partial charge on any atom is -0.444 e. The Morgan fingerprint density at radius 1 is 1.24 bits per heavy atom. The summed E-state index contributed by atoms with van der Waals surface area (Å²) in [5.74, 6) is 0. The maximum Gasteiger partial charge on any atom is 0.408 e. The van der Waals surface area contributed by atoms with E-state index < -0.39 is 5.60 Å². The number of aromatic nitrogens is 1. The zero-order chi connectivity index (χ0) is 16.3. The first kappa shape index (κ1) is 17.9. The van der Waals surface area contributed by atoms with Crippen LogP contribution in [0.5, 0.6) is 0 Å². The third-order valence-electron chi connectivity index (χ3n) is 2.69. The third kappa shape index (κ3) is 6.91. The Hall–Kier alpha value is -1.14. The molecule has 5 nitrogen and oxygen atoms in total. The van der Waals surface area contributed by atoms with E-state index in [4.69, 9.17) is 4.74 Å². The number of amides is 1. The number of hydrogen-bond donors (Lipinski definition) is 2. The molecule has 1 heterocycles. The number of thiazole rings is 1. The first-order valence-corrected chi connectivity index (χ1v) is 7.95. The highest BCUT2D eigenvalue weighted by Crippen LogP contribution is 2.17. The lowest BCUT2D eigenvalue weighted by molar-refractivity contribution is 0.0472. The van der Waals surface area contributed by atoms with Crippen LogP contribution in [0.25, 0.3) is 0 Å². The van der Waals surface area contributed by atoms with E-state index in [-0.39, 0.29) is 11.6 Å². The molecule has 0 saturated heterocycles. The van der Waals surface area contributed by atoms with Crippen LogP contribution in [0.4, 0.5) is 4.79 Å². The molecule has 21 heavy (non-hydrogen) atoms. The summed E-state index contributed by atoms with van der Waals surface area (Å²) in [6, 6.07) is 0. The highest BCUT2D eigenvalue weighted by Gasteiger charge is 2.24. The monoisotopic (exact) mass is 313 g/mol. The number of hydrogen-bond acceptors (Lipinski definition) is 5. The van der Waals surface area contributed by atoms with Crippen molar-refractivity contribution in [2.24, 2.45) is 0 Å². The van der Waals surface area contributed by atoms with E-state index in [0.29, 0.717) is 6.54 Å². The van der Waals surface area contributed by atoms with Gasteiger partial charge in [-0.15, -0.1) is 11.3 Å². The van der Waals surface area contributed by atoms with Crippen molar-refractivity contribution < 1.29 is 9.53 Å². The van der Waals surface area contributed by atoms with Gasteiger partial charge in [0.1, 0.15) is 5.60 Å². The van der Waals surface area contributed by atoms with Crippen LogP contribution >= 0.6 is 11.3 Å². The van der Waals surface area contributed by atoms with Gasteiger partial charge >= 0.3 is 6.09 Å². The summed E-state index contributed by atoms with van der Waals surface area (Å²) in [5.41, 5.74) is 0.212. The Bertz CT molecular complexity index is 490. The molecule has 1 rings (SSSR count). The molecule has 0 aromatic carbocycles. The molecule has 0 unspecified atom stereocenters. The van der Waals surface area contributed by atoms with Crippen molar-refractivity contribution in [1.82, 2.24) is 15.6 Å². The topological polar surface area (TPSA) is 63.2 Å². The van der Waals surface area contributed by atoms with Crippen LogP contribution < -0.4 is 10.6 Å². The Labute approximate surface area is 131 Å². The molecule has 0 spiro atoms. The fourth-order valence-corrected chi connectivity index (χ4v) is 2.76. The van der Waals surface area contributed by atoms with Gasteiger partial charge in [-0.05, 0) is 48.5 Å². The average molecular weight is 313 g/mol. The maximum absolute atomic E-state index is 11.8. The quantitative estimate of drug-likeness (QED) is 0.876. The predicted octanol–water partition coefficient (Wildman–Crippen LogP) is 3.15. The number of rotatable bonds is 5. The molecule has 6 heteroatoms. The summed E-state index contributed by atoms with van der Waals surface area (Å²) in [6.45, 7) is 14.9. The van der Waals surface area contributed by atoms with Gasteiger partial charge in [0.25, 0.3) is 0 Å². The molecule has 1 aromatic heterocycles. The largest absolute Gasteiger partial charge is 0.444 e. The lowest BCUT2D eigenvalue weighted by Crippen LogP contribution is -2.51. The smallest absolute Gasteiger partial charge is 0.408 e. The van der Waals surface area contributed by atoms with E-state index in [1.54, 1.807) is 11.3 Å². The van der Waals surface area contributed by atoms with Gasteiger partial charge in [-0.3, -0.25) is 0 Å². The van der Waals surface area contributed by atoms with E-state index >= 15 is 0 Å². The van der Waals surface area contributed by atoms with Crippen LogP contribution in [0.2, 0.25) is 0 Å². The molecule has 0 bridgehead atoms. The van der Waals surface area contributed by atoms with Crippen LogP contribution in [0.1, 0.15) is 50.2 Å². The van der Waals surface area contributed by atoms with Crippen LogP contribution in [0.15, 0.2) is 0 Å². The Kier molecular flexibility index (Phi) is 5.75. The number of aryl methyl sites for hydroxylation is 2. The molecule has 0 aliphatic rings. The van der Waals surface area contributed by atoms with Crippen molar-refractivity contribution in [3.63, 3.8) is 0 Å². The normalized spacial score (nSPS) is 12.3. The molecule has 0 fully saturated rings. The number of alkyl carbamates (subject to hydrolysis) is 1. The predicted molar refractivity (Wildman–Crippen MR) is 86.7 cm³/mol. The molecular weight excluding hydrogens is 286 g/mol. The van der Waals surface area contributed by atoms with Crippen LogP contribution in [0.3, 0.4) is 0 Å². The average Bonchev–Trinajstić information content (AvgIpc) is 2.53. The molecule has 0 radical (unpaired) electrons. The van der Waals surface area contributed by atoms with Gasteiger partial charge in [0.2, 0.25) is 0 Å². The Morgan fingerprint density at radius 2 is 1.86 bits per heavy atom. The van der Waals surface area contributed by atoms with Crippen molar-refractivity contribution in [3.8, 4) is 0 Å². The van der Waals surface area contributed by atoms with Gasteiger partial charge in [0.05, 0.1) is 16.2 Å². The molecule has 1 aromatic rings. The van der Waals surface area contributed by atoms with E-state index in [9.17, 15) is 4.79 Å². The van der Waals surface area contributed by atoms with Crippen LogP contribution in [0, 0.1) is 13.8 Å². The summed E-state index contributed by atoms with van der Waals surface area (Å²) in [7, 11) is 0. The van der Waals surface area contributed by atoms with E-state index in [1.807, 2.05) is 48.5 Å². The van der Waals surface area contributed by atoms with Gasteiger partial charge in [-0.25, -0.2) is 9.78 Å². The van der Waals surface area contributed by atoms with Crippen molar-refractivity contribution in [2.45, 2.75) is 66.2 Å². The lowest BCUT2D eigenvalue weighted by Gasteiger charge is -2.28. The number of ether oxygens (including phenoxy) is 1. The Morgan fingerprint density at radius 3 is 2.33 bits per heavy atom. The van der Waals surface area contributed by atoms with Crippen molar-refractivity contribution in [2.75, 3.05) is 6.54 Å². The van der Waals surface area contributed by atoms with Gasteiger partial charge in [0.15, 0.2) is 0 Å². The van der Waals surface area contributed by atoms with Gasteiger partial charge in [-0.1, -0.05) is 0 Å². The first-order valence-electron chi connectivity index (χ1n) is 7.13. The second kappa shape index (κ2) is 6.75. The Balaban J connectivity index is 2.42. The van der Waals surface area contributed by atoms with E-state index in [0.717, 1.165) is 17.2 Å². The van der Waals surface area contributed by atoms with Gasteiger partial charge < -0.3 is 15.4 Å². The molecule has 1 amide bonds. The summed E-state index contributed by atoms with van der Waals surface area (Å²) >= 11 is 1.70. The second-order valence-corrected chi connectivity index (χ2v) is 8.14. The molecule has 0 atom stereocenters. The summed E-state index contributed by atoms with van der Waals surface area (Å²) in [4.78, 5) is 17.4. The summed E-state index contributed by atoms with van der Waals surface area (Å²) < 4.78 is 5.27. The van der Waals surface area contributed by atoms with Gasteiger partial charge in [-0.2, -0.15) is 0 Å². The number of carbonyl (C=O) groups is 1. The molecule has 2 N–H and O–H groups in total. The van der Waals surface area contributed by atoms with Crippen molar-refractivity contribution >= 4 is 17.4 Å². The molecule has 120 valence electrons. The van der Waals surface area contributed by atoms with Gasteiger partial charge in [0, 0.05) is 18.0 Å². The lowest BCUT2D eigenvalue weighted by atomic mass is 10.1. The molecular formula is C15H27N3O2S. The maximum atomic E-state index is 11.8. The number of nitrogens with one attached hydrogen (secondary N) is 2. The highest BCUT2D eigenvalue weighted by molar-refractivity contribution is 7.11. The van der Waals surface area contributed by atoms with Crippen LogP contribution in [-0.4, -0.2) is 28.8 Å². The molecule has 0 aliphatic carbocycles. The number of nitrogens with zero attached hydrogens (tertiary/aromatic N) is 1. The molecule has 0 saturated carbocycles. The van der Waals surface area contributed by atoms with Crippen molar-refractivity contribution in [3.05, 3.63) is 15.6 Å². The number of carbonyl (C=O) groups excluding carboxylic acids is 1. The fourth-order valence-electron chi connectivity index (χ4n) is 1.85. The second-order valence-electron chi connectivity index (χ2n) is 6.86.